The molecule has 2 heteroatoms. The molecule has 82 valence electrons. The summed E-state index contributed by atoms with van der Waals surface area (Å²) in [4.78, 5) is 0. The van der Waals surface area contributed by atoms with Gasteiger partial charge in [0.15, 0.2) is 0 Å². The highest BCUT2D eigenvalue weighted by Gasteiger charge is 2.32. The Kier molecular flexibility index (Phi) is 2.70. The van der Waals surface area contributed by atoms with Gasteiger partial charge in [0.05, 0.1) is 0 Å². The SMILES string of the molecule is CC(C)(c1ccc(O)cc1)C1CCCN1. The zero-order chi connectivity index (χ0) is 10.9. The molecule has 2 rings (SSSR count). The summed E-state index contributed by atoms with van der Waals surface area (Å²) in [6, 6.07) is 8.14. The molecule has 0 saturated carbocycles. The molecule has 1 fully saturated rings. The predicted octanol–water partition coefficient (Wildman–Crippen LogP) is 2.42. The standard InChI is InChI=1S/C13H19NO/c1-13(2,12-4-3-9-14-12)10-5-7-11(15)8-6-10/h5-8,12,14-15H,3-4,9H2,1-2H3. The number of phenolic OH excluding ortho intramolecular Hbond substituents is 1. The van der Waals surface area contributed by atoms with Gasteiger partial charge in [0, 0.05) is 11.5 Å². The van der Waals surface area contributed by atoms with Gasteiger partial charge in [0.25, 0.3) is 0 Å². The van der Waals surface area contributed by atoms with Crippen molar-refractivity contribution in [2.45, 2.75) is 38.1 Å². The molecule has 1 saturated heterocycles. The first-order valence-corrected chi connectivity index (χ1v) is 5.63. The Balaban J connectivity index is 2.23. The molecule has 0 bridgehead atoms. The van der Waals surface area contributed by atoms with Gasteiger partial charge in [-0.05, 0) is 37.1 Å². The first kappa shape index (κ1) is 10.5. The normalized spacial score (nSPS) is 21.9. The minimum atomic E-state index is 0.143. The summed E-state index contributed by atoms with van der Waals surface area (Å²) in [5.41, 5.74) is 1.43. The highest BCUT2D eigenvalue weighted by atomic mass is 16.3. The first-order valence-electron chi connectivity index (χ1n) is 5.63. The molecule has 2 nitrogen and oxygen atoms in total. The average Bonchev–Trinajstić information content (AvgIpc) is 2.71. The largest absolute Gasteiger partial charge is 0.508 e. The Morgan fingerprint density at radius 2 is 1.93 bits per heavy atom. The zero-order valence-electron chi connectivity index (χ0n) is 9.46. The Bertz CT molecular complexity index is 323. The topological polar surface area (TPSA) is 32.3 Å². The fourth-order valence-corrected chi connectivity index (χ4v) is 2.39. The Hall–Kier alpha value is -1.02. The van der Waals surface area contributed by atoms with Crippen LogP contribution in [0.2, 0.25) is 0 Å². The van der Waals surface area contributed by atoms with E-state index in [1.54, 1.807) is 12.1 Å². The molecule has 1 aromatic rings. The van der Waals surface area contributed by atoms with Crippen LogP contribution >= 0.6 is 0 Å². The molecule has 1 atom stereocenters. The highest BCUT2D eigenvalue weighted by molar-refractivity contribution is 5.32. The average molecular weight is 205 g/mol. The second kappa shape index (κ2) is 3.86. The van der Waals surface area contributed by atoms with Crippen LogP contribution in [0, 0.1) is 0 Å². The lowest BCUT2D eigenvalue weighted by Crippen LogP contribution is -2.40. The monoisotopic (exact) mass is 205 g/mol. The number of aromatic hydroxyl groups is 1. The summed E-state index contributed by atoms with van der Waals surface area (Å²) in [5, 5.41) is 12.8. The molecule has 0 spiro atoms. The number of rotatable bonds is 2. The van der Waals surface area contributed by atoms with Crippen molar-refractivity contribution in [1.82, 2.24) is 5.32 Å². The molecular formula is C13H19NO. The van der Waals surface area contributed by atoms with Crippen molar-refractivity contribution >= 4 is 0 Å². The van der Waals surface area contributed by atoms with Gasteiger partial charge < -0.3 is 10.4 Å². The van der Waals surface area contributed by atoms with E-state index in [4.69, 9.17) is 0 Å². The second-order valence-corrected chi connectivity index (χ2v) is 4.92. The van der Waals surface area contributed by atoms with Gasteiger partial charge in [0.1, 0.15) is 5.75 Å². The van der Waals surface area contributed by atoms with Crippen molar-refractivity contribution in [1.29, 1.82) is 0 Å². The van der Waals surface area contributed by atoms with E-state index in [1.807, 2.05) is 12.1 Å². The number of nitrogens with one attached hydrogen (secondary N) is 1. The smallest absolute Gasteiger partial charge is 0.115 e. The molecule has 2 N–H and O–H groups in total. The number of hydrogen-bond donors (Lipinski definition) is 2. The van der Waals surface area contributed by atoms with Gasteiger partial charge in [0.2, 0.25) is 0 Å². The van der Waals surface area contributed by atoms with Gasteiger partial charge in [-0.15, -0.1) is 0 Å². The maximum Gasteiger partial charge on any atom is 0.115 e. The van der Waals surface area contributed by atoms with Crippen LogP contribution in [0.25, 0.3) is 0 Å². The van der Waals surface area contributed by atoms with Crippen molar-refractivity contribution in [3.05, 3.63) is 29.8 Å². The van der Waals surface area contributed by atoms with E-state index in [1.165, 1.54) is 18.4 Å². The van der Waals surface area contributed by atoms with Crippen LogP contribution in [0.3, 0.4) is 0 Å². The molecule has 1 heterocycles. The van der Waals surface area contributed by atoms with E-state index < -0.39 is 0 Å². The van der Waals surface area contributed by atoms with E-state index in [0.717, 1.165) is 6.54 Å². The van der Waals surface area contributed by atoms with E-state index in [9.17, 15) is 5.11 Å². The van der Waals surface area contributed by atoms with E-state index in [-0.39, 0.29) is 5.41 Å². The number of phenols is 1. The van der Waals surface area contributed by atoms with Gasteiger partial charge in [-0.3, -0.25) is 0 Å². The second-order valence-electron chi connectivity index (χ2n) is 4.92. The third kappa shape index (κ3) is 2.00. The third-order valence-electron chi connectivity index (χ3n) is 3.54. The van der Waals surface area contributed by atoms with Crippen molar-refractivity contribution in [3.63, 3.8) is 0 Å². The van der Waals surface area contributed by atoms with Crippen molar-refractivity contribution in [3.8, 4) is 5.75 Å². The van der Waals surface area contributed by atoms with Crippen LogP contribution in [-0.2, 0) is 5.41 Å². The predicted molar refractivity (Wildman–Crippen MR) is 62.2 cm³/mol. The lowest BCUT2D eigenvalue weighted by atomic mass is 9.77. The lowest BCUT2D eigenvalue weighted by molar-refractivity contribution is 0.376. The Morgan fingerprint density at radius 1 is 1.27 bits per heavy atom. The van der Waals surface area contributed by atoms with Crippen molar-refractivity contribution in [2.75, 3.05) is 6.54 Å². The van der Waals surface area contributed by atoms with Gasteiger partial charge >= 0.3 is 0 Å². The maximum atomic E-state index is 9.27. The first-order chi connectivity index (χ1) is 7.10. The van der Waals surface area contributed by atoms with Gasteiger partial charge in [-0.2, -0.15) is 0 Å². The summed E-state index contributed by atoms with van der Waals surface area (Å²) in [6.07, 6.45) is 2.51. The van der Waals surface area contributed by atoms with E-state index in [2.05, 4.69) is 19.2 Å². The summed E-state index contributed by atoms with van der Waals surface area (Å²) in [7, 11) is 0. The highest BCUT2D eigenvalue weighted by Crippen LogP contribution is 2.32. The van der Waals surface area contributed by atoms with Crippen LogP contribution < -0.4 is 5.32 Å². The number of benzene rings is 1. The van der Waals surface area contributed by atoms with E-state index in [0.29, 0.717) is 11.8 Å². The molecule has 15 heavy (non-hydrogen) atoms. The fraction of sp³-hybridized carbons (Fsp3) is 0.538. The molecular weight excluding hydrogens is 186 g/mol. The molecule has 0 amide bonds. The van der Waals surface area contributed by atoms with Crippen molar-refractivity contribution < 1.29 is 5.11 Å². The summed E-state index contributed by atoms with van der Waals surface area (Å²) < 4.78 is 0. The van der Waals surface area contributed by atoms with Crippen LogP contribution in [-0.4, -0.2) is 17.7 Å². The molecule has 1 aromatic carbocycles. The van der Waals surface area contributed by atoms with Crippen molar-refractivity contribution in [2.24, 2.45) is 0 Å². The zero-order valence-corrected chi connectivity index (χ0v) is 9.46. The molecule has 1 aliphatic rings. The van der Waals surface area contributed by atoms with Crippen LogP contribution in [0.4, 0.5) is 0 Å². The van der Waals surface area contributed by atoms with Gasteiger partial charge in [-0.1, -0.05) is 26.0 Å². The third-order valence-corrected chi connectivity index (χ3v) is 3.54. The summed E-state index contributed by atoms with van der Waals surface area (Å²) in [6.45, 7) is 5.66. The van der Waals surface area contributed by atoms with Crippen LogP contribution in [0.15, 0.2) is 24.3 Å². The van der Waals surface area contributed by atoms with Crippen LogP contribution in [0.1, 0.15) is 32.3 Å². The lowest BCUT2D eigenvalue weighted by Gasteiger charge is -2.32. The van der Waals surface area contributed by atoms with E-state index >= 15 is 0 Å². The molecule has 1 aliphatic heterocycles. The quantitative estimate of drug-likeness (QED) is 0.777. The molecule has 1 unspecified atom stereocenters. The summed E-state index contributed by atoms with van der Waals surface area (Å²) >= 11 is 0. The molecule has 0 radical (unpaired) electrons. The molecule has 0 aliphatic carbocycles. The Labute approximate surface area is 91.3 Å². The minimum absolute atomic E-state index is 0.143. The summed E-state index contributed by atoms with van der Waals surface area (Å²) in [5.74, 6) is 0.342. The maximum absolute atomic E-state index is 9.27. The fourth-order valence-electron chi connectivity index (χ4n) is 2.39. The molecule has 0 aromatic heterocycles. The Morgan fingerprint density at radius 3 is 2.47 bits per heavy atom. The van der Waals surface area contributed by atoms with Gasteiger partial charge in [-0.25, -0.2) is 0 Å². The number of hydrogen-bond acceptors (Lipinski definition) is 2. The van der Waals surface area contributed by atoms with Crippen LogP contribution in [0.5, 0.6) is 5.75 Å². The minimum Gasteiger partial charge on any atom is -0.508 e.